The van der Waals surface area contributed by atoms with Crippen LogP contribution in [0, 0.1) is 0 Å². The first-order chi connectivity index (χ1) is 17.9. The van der Waals surface area contributed by atoms with Crippen molar-refractivity contribution in [3.63, 3.8) is 0 Å². The van der Waals surface area contributed by atoms with Gasteiger partial charge in [-0.2, -0.15) is 10.1 Å². The summed E-state index contributed by atoms with van der Waals surface area (Å²) in [6, 6.07) is 9.51. The molecule has 1 amide bonds. The maximum atomic E-state index is 13.5. The molecule has 2 N–H and O–H groups in total. The number of hydrogen-bond donors (Lipinski definition) is 2. The Balaban J connectivity index is 1.60. The second-order valence-corrected chi connectivity index (χ2v) is 10.7. The summed E-state index contributed by atoms with van der Waals surface area (Å²) in [4.78, 5) is 22.6. The molecule has 1 aliphatic rings. The van der Waals surface area contributed by atoms with Crippen LogP contribution < -0.4 is 21.1 Å². The summed E-state index contributed by atoms with van der Waals surface area (Å²) in [6.45, 7) is 7.37. The summed E-state index contributed by atoms with van der Waals surface area (Å²) in [6.07, 6.45) is 1.36. The van der Waals surface area contributed by atoms with Crippen LogP contribution >= 0.6 is 18.9 Å². The lowest BCUT2D eigenvalue weighted by molar-refractivity contribution is -0.114. The van der Waals surface area contributed by atoms with Gasteiger partial charge < -0.3 is 28.4 Å². The molecule has 0 atom stereocenters. The number of nitrogens with zero attached hydrogens (tertiary/aromatic N) is 4. The molecule has 198 valence electrons. The Morgan fingerprint density at radius 1 is 1.19 bits per heavy atom. The summed E-state index contributed by atoms with van der Waals surface area (Å²) in [5.41, 5.74) is 4.44. The van der Waals surface area contributed by atoms with E-state index in [1.165, 1.54) is 24.5 Å². The third kappa shape index (κ3) is 6.62. The van der Waals surface area contributed by atoms with E-state index >= 15 is 0 Å². The number of oxazole rings is 1. The third-order valence-corrected chi connectivity index (χ3v) is 7.95. The van der Waals surface area contributed by atoms with E-state index in [0.717, 1.165) is 5.56 Å². The van der Waals surface area contributed by atoms with Gasteiger partial charge in [0.1, 0.15) is 16.9 Å². The second kappa shape index (κ2) is 12.4. The predicted molar refractivity (Wildman–Crippen MR) is 143 cm³/mol. The van der Waals surface area contributed by atoms with E-state index in [2.05, 4.69) is 25.8 Å². The Kier molecular flexibility index (Phi) is 9.06. The van der Waals surface area contributed by atoms with E-state index in [0.29, 0.717) is 48.0 Å². The second-order valence-electron chi connectivity index (χ2n) is 7.73. The van der Waals surface area contributed by atoms with Crippen molar-refractivity contribution in [1.29, 1.82) is 0 Å². The molecule has 3 heterocycles. The molecule has 4 rings (SSSR count). The monoisotopic (exact) mass is 548 g/mol. The molecule has 0 aliphatic carbocycles. The van der Waals surface area contributed by atoms with Gasteiger partial charge in [-0.25, -0.2) is 4.98 Å². The zero-order valence-corrected chi connectivity index (χ0v) is 22.5. The molecule has 37 heavy (non-hydrogen) atoms. The van der Waals surface area contributed by atoms with E-state index < -0.39 is 7.60 Å². The predicted octanol–water partition coefficient (Wildman–Crippen LogP) is 3.93. The molecule has 0 saturated carbocycles. The van der Waals surface area contributed by atoms with Gasteiger partial charge in [-0.15, -0.1) is 0 Å². The number of anilines is 3. The highest BCUT2D eigenvalue weighted by Gasteiger charge is 2.37. The third-order valence-electron chi connectivity index (χ3n) is 5.06. The quantitative estimate of drug-likeness (QED) is 0.206. The molecule has 0 unspecified atom stereocenters. The van der Waals surface area contributed by atoms with Crippen LogP contribution in [0.3, 0.4) is 0 Å². The lowest BCUT2D eigenvalue weighted by Crippen LogP contribution is -2.38. The van der Waals surface area contributed by atoms with Crippen LogP contribution in [0.5, 0.6) is 0 Å². The molecule has 1 aliphatic heterocycles. The maximum Gasteiger partial charge on any atom is 0.385 e. The molecule has 1 aromatic carbocycles. The minimum atomic E-state index is -3.72. The smallest absolute Gasteiger partial charge is 0.385 e. The highest BCUT2D eigenvalue weighted by Crippen LogP contribution is 2.49. The van der Waals surface area contributed by atoms with E-state index in [4.69, 9.17) is 18.2 Å². The minimum absolute atomic E-state index is 0.105. The molecular weight excluding hydrogens is 519 g/mol. The summed E-state index contributed by atoms with van der Waals surface area (Å²) in [5.74, 6) is 0.223. The molecule has 0 radical (unpaired) electrons. The maximum absolute atomic E-state index is 13.5. The number of morpholine rings is 1. The van der Waals surface area contributed by atoms with Crippen molar-refractivity contribution in [3.8, 4) is 11.3 Å². The van der Waals surface area contributed by atoms with Gasteiger partial charge in [-0.05, 0) is 13.8 Å². The molecule has 3 aromatic rings. The summed E-state index contributed by atoms with van der Waals surface area (Å²) < 4.78 is 35.9. The lowest BCUT2D eigenvalue weighted by Gasteiger charge is -2.27. The highest BCUT2D eigenvalue weighted by atomic mass is 32.1. The lowest BCUT2D eigenvalue weighted by atomic mass is 10.2. The number of aromatic nitrogens is 2. The van der Waals surface area contributed by atoms with Gasteiger partial charge in [0.25, 0.3) is 0 Å². The molecule has 1 fully saturated rings. The van der Waals surface area contributed by atoms with E-state index in [1.807, 2.05) is 35.2 Å². The van der Waals surface area contributed by atoms with Crippen molar-refractivity contribution in [2.45, 2.75) is 20.8 Å². The van der Waals surface area contributed by atoms with Crippen LogP contribution in [0.1, 0.15) is 26.7 Å². The first-order valence-corrected chi connectivity index (χ1v) is 14.2. The van der Waals surface area contributed by atoms with Crippen molar-refractivity contribution in [1.82, 2.24) is 9.97 Å². The molecule has 14 heteroatoms. The average molecular weight is 549 g/mol. The topological polar surface area (TPSA) is 140 Å². The van der Waals surface area contributed by atoms with Gasteiger partial charge in [-0.3, -0.25) is 14.8 Å². The Morgan fingerprint density at radius 2 is 1.89 bits per heavy atom. The Morgan fingerprint density at radius 3 is 2.54 bits per heavy atom. The van der Waals surface area contributed by atoms with Crippen LogP contribution in [0.15, 0.2) is 39.9 Å². The van der Waals surface area contributed by atoms with Crippen molar-refractivity contribution in [3.05, 3.63) is 36.2 Å². The Bertz CT molecular complexity index is 1260. The number of carbonyl (C=O) groups excluding carboxylic acids is 1. The zero-order valence-electron chi connectivity index (χ0n) is 20.8. The Hall–Kier alpha value is -3.09. The molecule has 0 spiro atoms. The number of hydrazone groups is 1. The fourth-order valence-electron chi connectivity index (χ4n) is 3.57. The summed E-state index contributed by atoms with van der Waals surface area (Å²) in [7, 11) is -3.72. The number of hydrogen-bond acceptors (Lipinski definition) is 12. The van der Waals surface area contributed by atoms with Crippen LogP contribution in [0.25, 0.3) is 11.3 Å². The van der Waals surface area contributed by atoms with Gasteiger partial charge in [0.05, 0.1) is 26.4 Å². The SMILES string of the molecule is CCOP(=O)(OCC)c1nc(/C=N/Nc2nc(-c3ccccc3)c(NC(C)=O)s2)oc1N1CCOCC1. The van der Waals surface area contributed by atoms with Gasteiger partial charge in [0, 0.05) is 25.6 Å². The number of ether oxygens (including phenoxy) is 1. The fraction of sp³-hybridized carbons (Fsp3) is 0.391. The molecule has 2 aromatic heterocycles. The van der Waals surface area contributed by atoms with Crippen molar-refractivity contribution >= 4 is 52.5 Å². The van der Waals surface area contributed by atoms with E-state index in [-0.39, 0.29) is 30.4 Å². The minimum Gasteiger partial charge on any atom is -0.418 e. The number of nitrogens with one attached hydrogen (secondary N) is 2. The van der Waals surface area contributed by atoms with Crippen LogP contribution in [-0.2, 0) is 23.1 Å². The largest absolute Gasteiger partial charge is 0.418 e. The average Bonchev–Trinajstić information content (AvgIpc) is 3.50. The van der Waals surface area contributed by atoms with Gasteiger partial charge >= 0.3 is 7.60 Å². The molecule has 0 bridgehead atoms. The fourth-order valence-corrected chi connectivity index (χ4v) is 6.10. The van der Waals surface area contributed by atoms with Crippen LogP contribution in [-0.4, -0.2) is 61.6 Å². The van der Waals surface area contributed by atoms with Crippen LogP contribution in [0.2, 0.25) is 0 Å². The highest BCUT2D eigenvalue weighted by molar-refractivity contribution is 7.62. The van der Waals surface area contributed by atoms with Gasteiger partial charge in [0.2, 0.25) is 28.2 Å². The summed E-state index contributed by atoms with van der Waals surface area (Å²) >= 11 is 1.24. The van der Waals surface area contributed by atoms with E-state index in [1.54, 1.807) is 13.8 Å². The standard InChI is InChI=1S/C23H29N6O6PS/c1-4-33-36(31,34-5-2)20-22(29-11-13-32-14-12-29)35-18(26-20)15-24-28-23-27-19(17-9-7-6-8-10-17)21(37-23)25-16(3)30/h6-10,15H,4-5,11-14H2,1-3H3,(H,25,30)(H,27,28)/b24-15+. The van der Waals surface area contributed by atoms with Crippen molar-refractivity contribution in [2.24, 2.45) is 5.10 Å². The number of thiazole rings is 1. The van der Waals surface area contributed by atoms with Gasteiger partial charge in [-0.1, -0.05) is 41.7 Å². The summed E-state index contributed by atoms with van der Waals surface area (Å²) in [5, 5.41) is 8.06. The van der Waals surface area contributed by atoms with E-state index in [9.17, 15) is 9.36 Å². The first-order valence-electron chi connectivity index (χ1n) is 11.8. The normalized spacial score (nSPS) is 14.3. The van der Waals surface area contributed by atoms with Crippen LogP contribution in [0.4, 0.5) is 16.0 Å². The zero-order chi connectivity index (χ0) is 26.3. The van der Waals surface area contributed by atoms with Gasteiger partial charge in [0.15, 0.2) is 0 Å². The number of carbonyl (C=O) groups is 1. The first kappa shape index (κ1) is 27.0. The van der Waals surface area contributed by atoms with Crippen molar-refractivity contribution in [2.75, 3.05) is 55.2 Å². The molecular formula is C23H29N6O6PS. The molecule has 12 nitrogen and oxygen atoms in total. The Labute approximate surface area is 218 Å². The number of benzene rings is 1. The number of amides is 1. The van der Waals surface area contributed by atoms with Crippen molar-refractivity contribution < 1.29 is 27.6 Å². The molecule has 1 saturated heterocycles. The number of rotatable bonds is 11.